The third-order valence-electron chi connectivity index (χ3n) is 2.76. The highest BCUT2D eigenvalue weighted by Crippen LogP contribution is 2.26. The van der Waals surface area contributed by atoms with Crippen molar-refractivity contribution in [1.82, 2.24) is 0 Å². The molecule has 4 heteroatoms. The Morgan fingerprint density at radius 1 is 1.15 bits per heavy atom. The fourth-order valence-electron chi connectivity index (χ4n) is 1.73. The number of phenols is 2. The SMILES string of the molecule is COc1cc(/C=C/C(=O)c2cccc(O)c2)ccc1O. The van der Waals surface area contributed by atoms with Crippen LogP contribution in [0.15, 0.2) is 48.5 Å². The fraction of sp³-hybridized carbons (Fsp3) is 0.0625. The largest absolute Gasteiger partial charge is 0.508 e. The van der Waals surface area contributed by atoms with Crippen molar-refractivity contribution in [2.45, 2.75) is 0 Å². The predicted molar refractivity (Wildman–Crippen MR) is 76.1 cm³/mol. The molecule has 102 valence electrons. The summed E-state index contributed by atoms with van der Waals surface area (Å²) < 4.78 is 4.99. The summed E-state index contributed by atoms with van der Waals surface area (Å²) >= 11 is 0. The van der Waals surface area contributed by atoms with Crippen molar-refractivity contribution in [3.05, 3.63) is 59.7 Å². The molecule has 2 rings (SSSR count). The average Bonchev–Trinajstić information content (AvgIpc) is 2.46. The van der Waals surface area contributed by atoms with Gasteiger partial charge in [-0.05, 0) is 35.9 Å². The van der Waals surface area contributed by atoms with Crippen LogP contribution in [0.3, 0.4) is 0 Å². The molecule has 2 N–H and O–H groups in total. The van der Waals surface area contributed by atoms with Crippen molar-refractivity contribution < 1.29 is 19.7 Å². The highest BCUT2D eigenvalue weighted by Gasteiger charge is 2.04. The lowest BCUT2D eigenvalue weighted by Gasteiger charge is -2.03. The van der Waals surface area contributed by atoms with Gasteiger partial charge in [0.2, 0.25) is 0 Å². The van der Waals surface area contributed by atoms with E-state index in [-0.39, 0.29) is 17.3 Å². The molecule has 2 aromatic rings. The molecule has 0 aliphatic heterocycles. The third-order valence-corrected chi connectivity index (χ3v) is 2.76. The number of carbonyl (C=O) groups excluding carboxylic acids is 1. The number of phenolic OH excluding ortho intramolecular Hbond substituents is 2. The quantitative estimate of drug-likeness (QED) is 0.662. The van der Waals surface area contributed by atoms with E-state index in [9.17, 15) is 15.0 Å². The van der Waals surface area contributed by atoms with Crippen LogP contribution >= 0.6 is 0 Å². The molecule has 2 aromatic carbocycles. The standard InChI is InChI=1S/C16H14O4/c1-20-16-9-11(6-8-15(16)19)5-7-14(18)12-3-2-4-13(17)10-12/h2-10,17,19H,1H3/b7-5+. The highest BCUT2D eigenvalue weighted by atomic mass is 16.5. The maximum Gasteiger partial charge on any atom is 0.185 e. The van der Waals surface area contributed by atoms with Gasteiger partial charge < -0.3 is 14.9 Å². The lowest BCUT2D eigenvalue weighted by Crippen LogP contribution is -1.93. The minimum absolute atomic E-state index is 0.0453. The van der Waals surface area contributed by atoms with Crippen LogP contribution in [0.5, 0.6) is 17.2 Å². The first-order valence-electron chi connectivity index (χ1n) is 5.98. The van der Waals surface area contributed by atoms with Crippen LogP contribution in [0.2, 0.25) is 0 Å². The number of ether oxygens (including phenoxy) is 1. The molecule has 0 bridgehead atoms. The van der Waals surface area contributed by atoms with Crippen molar-refractivity contribution in [1.29, 1.82) is 0 Å². The second kappa shape index (κ2) is 5.93. The summed E-state index contributed by atoms with van der Waals surface area (Å²) in [6.45, 7) is 0. The summed E-state index contributed by atoms with van der Waals surface area (Å²) in [5.74, 6) is 0.226. The lowest BCUT2D eigenvalue weighted by molar-refractivity contribution is 0.104. The maximum atomic E-state index is 11.9. The molecule has 0 radical (unpaired) electrons. The first kappa shape index (κ1) is 13.7. The van der Waals surface area contributed by atoms with Crippen molar-refractivity contribution >= 4 is 11.9 Å². The van der Waals surface area contributed by atoms with Gasteiger partial charge in [-0.25, -0.2) is 0 Å². The molecule has 0 atom stereocenters. The number of ketones is 1. The summed E-state index contributed by atoms with van der Waals surface area (Å²) in [4.78, 5) is 11.9. The smallest absolute Gasteiger partial charge is 0.185 e. The monoisotopic (exact) mass is 270 g/mol. The highest BCUT2D eigenvalue weighted by molar-refractivity contribution is 6.07. The Labute approximate surface area is 116 Å². The number of aromatic hydroxyl groups is 2. The van der Waals surface area contributed by atoms with Gasteiger partial charge in [0, 0.05) is 5.56 Å². The molecule has 0 aromatic heterocycles. The number of hydrogen-bond acceptors (Lipinski definition) is 4. The van der Waals surface area contributed by atoms with E-state index in [4.69, 9.17) is 4.74 Å². The Bertz CT molecular complexity index is 659. The van der Waals surface area contributed by atoms with Crippen LogP contribution in [0.1, 0.15) is 15.9 Å². The van der Waals surface area contributed by atoms with E-state index in [2.05, 4.69) is 0 Å². The summed E-state index contributed by atoms with van der Waals surface area (Å²) in [7, 11) is 1.46. The van der Waals surface area contributed by atoms with Crippen LogP contribution in [0.25, 0.3) is 6.08 Å². The van der Waals surface area contributed by atoms with Gasteiger partial charge in [0.1, 0.15) is 5.75 Å². The Balaban J connectivity index is 2.19. The molecule has 0 spiro atoms. The molecule has 0 aliphatic rings. The number of methoxy groups -OCH3 is 1. The molecule has 0 saturated carbocycles. The first-order valence-corrected chi connectivity index (χ1v) is 5.98. The zero-order chi connectivity index (χ0) is 14.5. The van der Waals surface area contributed by atoms with Crippen molar-refractivity contribution in [3.8, 4) is 17.2 Å². The van der Waals surface area contributed by atoms with E-state index in [0.29, 0.717) is 11.3 Å². The minimum atomic E-state index is -0.215. The van der Waals surface area contributed by atoms with Gasteiger partial charge in [-0.1, -0.05) is 24.3 Å². The molecular weight excluding hydrogens is 256 g/mol. The van der Waals surface area contributed by atoms with Crippen LogP contribution in [0, 0.1) is 0 Å². The van der Waals surface area contributed by atoms with Gasteiger partial charge in [0.05, 0.1) is 7.11 Å². The number of rotatable bonds is 4. The molecular formula is C16H14O4. The molecule has 20 heavy (non-hydrogen) atoms. The molecule has 4 nitrogen and oxygen atoms in total. The van der Waals surface area contributed by atoms with Crippen LogP contribution in [-0.2, 0) is 0 Å². The van der Waals surface area contributed by atoms with E-state index in [1.807, 2.05) is 0 Å². The van der Waals surface area contributed by atoms with Gasteiger partial charge >= 0.3 is 0 Å². The molecule has 0 amide bonds. The minimum Gasteiger partial charge on any atom is -0.508 e. The zero-order valence-electron chi connectivity index (χ0n) is 10.9. The maximum absolute atomic E-state index is 11.9. The zero-order valence-corrected chi connectivity index (χ0v) is 10.9. The molecule has 0 fully saturated rings. The Morgan fingerprint density at radius 2 is 1.95 bits per heavy atom. The van der Waals surface area contributed by atoms with Crippen LogP contribution < -0.4 is 4.74 Å². The lowest BCUT2D eigenvalue weighted by atomic mass is 10.1. The molecule has 0 saturated heterocycles. The number of benzene rings is 2. The first-order chi connectivity index (χ1) is 9.60. The second-order valence-corrected chi connectivity index (χ2v) is 4.18. The number of allylic oxidation sites excluding steroid dienone is 1. The van der Waals surface area contributed by atoms with Crippen molar-refractivity contribution in [3.63, 3.8) is 0 Å². The van der Waals surface area contributed by atoms with E-state index in [1.54, 1.807) is 30.3 Å². The Kier molecular flexibility index (Phi) is 4.05. The average molecular weight is 270 g/mol. The third kappa shape index (κ3) is 3.17. The van der Waals surface area contributed by atoms with Gasteiger partial charge in [-0.2, -0.15) is 0 Å². The van der Waals surface area contributed by atoms with Crippen LogP contribution in [0.4, 0.5) is 0 Å². The summed E-state index contributed by atoms with van der Waals surface area (Å²) in [5, 5.41) is 18.8. The molecule has 0 unspecified atom stereocenters. The summed E-state index contributed by atoms with van der Waals surface area (Å²) in [6.07, 6.45) is 3.02. The normalized spacial score (nSPS) is 10.7. The molecule has 0 heterocycles. The number of carbonyl (C=O) groups is 1. The van der Waals surface area contributed by atoms with E-state index in [1.165, 1.54) is 31.4 Å². The van der Waals surface area contributed by atoms with E-state index < -0.39 is 0 Å². The predicted octanol–water partition coefficient (Wildman–Crippen LogP) is 3.00. The summed E-state index contributed by atoms with van der Waals surface area (Å²) in [6, 6.07) is 10.9. The Hall–Kier alpha value is -2.75. The second-order valence-electron chi connectivity index (χ2n) is 4.18. The van der Waals surface area contributed by atoms with Gasteiger partial charge in [0.15, 0.2) is 17.3 Å². The van der Waals surface area contributed by atoms with Crippen molar-refractivity contribution in [2.24, 2.45) is 0 Å². The van der Waals surface area contributed by atoms with Gasteiger partial charge in [0.25, 0.3) is 0 Å². The fourth-order valence-corrected chi connectivity index (χ4v) is 1.73. The van der Waals surface area contributed by atoms with E-state index in [0.717, 1.165) is 5.56 Å². The Morgan fingerprint density at radius 3 is 2.65 bits per heavy atom. The number of hydrogen-bond donors (Lipinski definition) is 2. The van der Waals surface area contributed by atoms with E-state index >= 15 is 0 Å². The summed E-state index contributed by atoms with van der Waals surface area (Å²) in [5.41, 5.74) is 1.14. The van der Waals surface area contributed by atoms with Gasteiger partial charge in [-0.3, -0.25) is 4.79 Å². The van der Waals surface area contributed by atoms with Gasteiger partial charge in [-0.15, -0.1) is 0 Å². The van der Waals surface area contributed by atoms with Crippen molar-refractivity contribution in [2.75, 3.05) is 7.11 Å². The van der Waals surface area contributed by atoms with Crippen LogP contribution in [-0.4, -0.2) is 23.1 Å². The topological polar surface area (TPSA) is 66.8 Å². The molecule has 0 aliphatic carbocycles.